The maximum absolute atomic E-state index is 12.1. The molecule has 1 aromatic carbocycles. The van der Waals surface area contributed by atoms with Gasteiger partial charge in [0, 0.05) is 6.54 Å². The van der Waals surface area contributed by atoms with Crippen molar-refractivity contribution in [3.63, 3.8) is 0 Å². The van der Waals surface area contributed by atoms with Gasteiger partial charge in [-0.15, -0.1) is 12.4 Å². The Morgan fingerprint density at radius 2 is 2.23 bits per heavy atom. The number of hydrogen-bond acceptors (Lipinski definition) is 5. The summed E-state index contributed by atoms with van der Waals surface area (Å²) in [7, 11) is 0. The molecule has 1 saturated heterocycles. The number of hydrogen-bond donors (Lipinski definition) is 2. The Morgan fingerprint density at radius 3 is 2.95 bits per heavy atom. The summed E-state index contributed by atoms with van der Waals surface area (Å²) in [6.07, 6.45) is 0.591. The number of carbonyl (C=O) groups excluding carboxylic acids is 1. The molecule has 0 radical (unpaired) electrons. The van der Waals surface area contributed by atoms with E-state index >= 15 is 0 Å². The average Bonchev–Trinajstić information content (AvgIpc) is 3.07. The number of nitrogens with zero attached hydrogens (tertiary/aromatic N) is 3. The summed E-state index contributed by atoms with van der Waals surface area (Å²) in [6.45, 7) is 1.25. The van der Waals surface area contributed by atoms with E-state index in [0.29, 0.717) is 30.9 Å². The lowest BCUT2D eigenvalue weighted by Crippen LogP contribution is -2.32. The maximum atomic E-state index is 12.1. The standard InChI is InChI=1S/C13H14N4O3S.ClH/c18-11(7-17-5-4-8(6-17)13(19)20)14-9-2-1-3-10-12(9)16-21-15-10;/h1-3,8H,4-7H2,(H,14,18)(H,19,20);1H. The lowest BCUT2D eigenvalue weighted by Gasteiger charge is -2.15. The molecule has 0 spiro atoms. The van der Waals surface area contributed by atoms with Crippen LogP contribution in [0.1, 0.15) is 6.42 Å². The Labute approximate surface area is 137 Å². The van der Waals surface area contributed by atoms with Gasteiger partial charge in [0.15, 0.2) is 0 Å². The molecule has 22 heavy (non-hydrogen) atoms. The van der Waals surface area contributed by atoms with Crippen LogP contribution in [-0.4, -0.2) is 41.5 Å². The first-order valence-corrected chi connectivity index (χ1v) is 7.33. The van der Waals surface area contributed by atoms with Crippen molar-refractivity contribution in [2.45, 2.75) is 6.42 Å². The number of rotatable bonds is 4. The van der Waals surface area contributed by atoms with Crippen molar-refractivity contribution in [1.82, 2.24) is 4.90 Å². The van der Waals surface area contributed by atoms with Gasteiger partial charge in [0.05, 0.1) is 29.5 Å². The van der Waals surface area contributed by atoms with Gasteiger partial charge in [0.2, 0.25) is 5.91 Å². The molecule has 1 fully saturated rings. The molecule has 9 heteroatoms. The number of anilines is 1. The Bertz CT molecular complexity index is 675. The molecule has 1 atom stereocenters. The number of nitrogens with one attached hydrogen (secondary N) is 1. The van der Waals surface area contributed by atoms with Crippen molar-refractivity contribution in [3.8, 4) is 0 Å². The van der Waals surface area contributed by atoms with Crippen molar-refractivity contribution in [2.75, 3.05) is 25.0 Å². The minimum atomic E-state index is -0.795. The molecule has 0 saturated carbocycles. The third-order valence-corrected chi connectivity index (χ3v) is 4.09. The van der Waals surface area contributed by atoms with Gasteiger partial charge in [-0.2, -0.15) is 8.73 Å². The van der Waals surface area contributed by atoms with Crippen LogP contribution < -0.4 is 5.32 Å². The first-order chi connectivity index (χ1) is 10.1. The summed E-state index contributed by atoms with van der Waals surface area (Å²) in [5, 5.41) is 11.8. The predicted octanol–water partition coefficient (Wildman–Crippen LogP) is 2.18. The molecule has 1 aromatic rings. The van der Waals surface area contributed by atoms with Gasteiger partial charge in [-0.3, -0.25) is 14.5 Å². The third-order valence-electron chi connectivity index (χ3n) is 3.55. The smallest absolute Gasteiger partial charge is 0.307 e. The van der Waals surface area contributed by atoms with Crippen molar-refractivity contribution in [2.24, 2.45) is 14.6 Å². The van der Waals surface area contributed by atoms with Crippen LogP contribution in [0.4, 0.5) is 17.1 Å². The molecule has 0 bridgehead atoms. The Kier molecular flexibility index (Phi) is 5.28. The van der Waals surface area contributed by atoms with Gasteiger partial charge in [-0.1, -0.05) is 6.07 Å². The molecule has 3 rings (SSSR count). The van der Waals surface area contributed by atoms with E-state index in [0.717, 1.165) is 17.0 Å². The van der Waals surface area contributed by atoms with E-state index in [4.69, 9.17) is 5.11 Å². The number of carboxylic acids is 1. The van der Waals surface area contributed by atoms with E-state index in [2.05, 4.69) is 14.0 Å². The van der Waals surface area contributed by atoms with E-state index < -0.39 is 5.97 Å². The fraction of sp³-hybridized carbons (Fsp3) is 0.385. The number of benzene rings is 1. The number of aliphatic carboxylic acids is 1. The van der Waals surface area contributed by atoms with Gasteiger partial charge in [0.1, 0.15) is 11.4 Å². The van der Waals surface area contributed by atoms with Crippen LogP contribution in [0.2, 0.25) is 0 Å². The molecule has 2 aliphatic rings. The molecule has 2 aliphatic heterocycles. The normalized spacial score (nSPS) is 19.2. The monoisotopic (exact) mass is 342 g/mol. The number of carbonyl (C=O) groups is 2. The van der Waals surface area contributed by atoms with Gasteiger partial charge >= 0.3 is 5.97 Å². The highest BCUT2D eigenvalue weighted by molar-refractivity contribution is 7.58. The van der Waals surface area contributed by atoms with Gasteiger partial charge in [-0.05, 0) is 25.1 Å². The number of fused-ring (bicyclic) bond motifs is 1. The Balaban J connectivity index is 0.00000176. The zero-order valence-corrected chi connectivity index (χ0v) is 13.2. The summed E-state index contributed by atoms with van der Waals surface area (Å²) in [6, 6.07) is 5.44. The van der Waals surface area contributed by atoms with Crippen LogP contribution in [0.15, 0.2) is 26.9 Å². The molecule has 118 valence electrons. The van der Waals surface area contributed by atoms with Gasteiger partial charge in [-0.25, -0.2) is 0 Å². The minimum Gasteiger partial charge on any atom is -0.481 e. The summed E-state index contributed by atoms with van der Waals surface area (Å²) in [5.41, 5.74) is 2.07. The summed E-state index contributed by atoms with van der Waals surface area (Å²) in [5.74, 6) is -1.33. The quantitative estimate of drug-likeness (QED) is 0.890. The van der Waals surface area contributed by atoms with Gasteiger partial charge in [0.25, 0.3) is 0 Å². The SMILES string of the molecule is Cl.O=C(CN1CCC(C(=O)O)C1)Nc1cccc2c1N=S=N2. The van der Waals surface area contributed by atoms with Crippen molar-refractivity contribution in [1.29, 1.82) is 0 Å². The van der Waals surface area contributed by atoms with Crippen molar-refractivity contribution < 1.29 is 14.7 Å². The molecular formula is C13H15ClN4O3S. The summed E-state index contributed by atoms with van der Waals surface area (Å²) < 4.78 is 8.29. The molecule has 0 aromatic heterocycles. The van der Waals surface area contributed by atoms with Crippen molar-refractivity contribution in [3.05, 3.63) is 18.2 Å². The molecule has 1 unspecified atom stereocenters. The highest BCUT2D eigenvalue weighted by Crippen LogP contribution is 2.38. The first-order valence-electron chi connectivity index (χ1n) is 6.60. The largest absolute Gasteiger partial charge is 0.481 e. The topological polar surface area (TPSA) is 94.4 Å². The zero-order valence-electron chi connectivity index (χ0n) is 11.6. The molecule has 2 heterocycles. The molecule has 1 amide bonds. The Morgan fingerprint density at radius 1 is 1.41 bits per heavy atom. The van der Waals surface area contributed by atoms with E-state index in [1.165, 1.54) is 0 Å². The molecular weight excluding hydrogens is 328 g/mol. The number of likely N-dealkylation sites (tertiary alicyclic amines) is 1. The lowest BCUT2D eigenvalue weighted by molar-refractivity contribution is -0.141. The Hall–Kier alpha value is -1.77. The van der Waals surface area contributed by atoms with E-state index in [9.17, 15) is 9.59 Å². The predicted molar refractivity (Wildman–Crippen MR) is 86.0 cm³/mol. The second-order valence-electron chi connectivity index (χ2n) is 5.04. The van der Waals surface area contributed by atoms with Gasteiger partial charge < -0.3 is 10.4 Å². The zero-order chi connectivity index (χ0) is 14.8. The summed E-state index contributed by atoms with van der Waals surface area (Å²) in [4.78, 5) is 24.8. The fourth-order valence-electron chi connectivity index (χ4n) is 2.48. The minimum absolute atomic E-state index is 0. The van der Waals surface area contributed by atoms with Crippen molar-refractivity contribution >= 4 is 52.7 Å². The first kappa shape index (κ1) is 16.6. The van der Waals surface area contributed by atoms with Crippen LogP contribution in [-0.2, 0) is 20.9 Å². The van der Waals surface area contributed by atoms with Crippen LogP contribution in [0.3, 0.4) is 0 Å². The average molecular weight is 343 g/mol. The fourth-order valence-corrected chi connectivity index (χ4v) is 3.03. The number of carboxylic acid groups (broad SMARTS) is 1. The highest BCUT2D eigenvalue weighted by Gasteiger charge is 2.29. The van der Waals surface area contributed by atoms with Crippen LogP contribution in [0.25, 0.3) is 0 Å². The van der Waals surface area contributed by atoms with Crippen LogP contribution >= 0.6 is 12.4 Å². The lowest BCUT2D eigenvalue weighted by atomic mass is 10.1. The number of amides is 1. The number of halogens is 1. The molecule has 7 nitrogen and oxygen atoms in total. The van der Waals surface area contributed by atoms with E-state index in [-0.39, 0.29) is 30.8 Å². The molecule has 2 N–H and O–H groups in total. The van der Waals surface area contributed by atoms with Crippen LogP contribution in [0, 0.1) is 5.92 Å². The third kappa shape index (κ3) is 3.52. The maximum Gasteiger partial charge on any atom is 0.307 e. The summed E-state index contributed by atoms with van der Waals surface area (Å²) >= 11 is 1.10. The second-order valence-corrected chi connectivity index (χ2v) is 5.57. The van der Waals surface area contributed by atoms with E-state index in [1.54, 1.807) is 6.07 Å². The highest BCUT2D eigenvalue weighted by atomic mass is 35.5. The second kappa shape index (κ2) is 6.99. The van der Waals surface area contributed by atoms with E-state index in [1.807, 2.05) is 17.0 Å². The molecule has 0 aliphatic carbocycles. The van der Waals surface area contributed by atoms with Crippen LogP contribution in [0.5, 0.6) is 0 Å².